The summed E-state index contributed by atoms with van der Waals surface area (Å²) in [6.07, 6.45) is 0. The second-order valence-corrected chi connectivity index (χ2v) is 18.0. The molecule has 0 aromatic heterocycles. The molecule has 0 amide bonds. The topological polar surface area (TPSA) is 144 Å². The molecule has 0 radical (unpaired) electrons. The average molecular weight is 803 g/mol. The minimum absolute atomic E-state index is 0.0635. The molecule has 0 saturated carbocycles. The maximum absolute atomic E-state index is 12.4. The van der Waals surface area contributed by atoms with Gasteiger partial charge in [0.05, 0.1) is 26.4 Å². The van der Waals surface area contributed by atoms with Crippen molar-refractivity contribution in [3.05, 3.63) is 0 Å². The normalized spacial score (nSPS) is 15.4. The number of rotatable bonds is 18. The quantitative estimate of drug-likeness (QED) is 0.0590. The van der Waals surface area contributed by atoms with E-state index in [1.807, 2.05) is 0 Å². The fraction of sp³-hybridized carbons (Fsp3) is 0.737. The Kier molecular flexibility index (Phi) is 25.9. The van der Waals surface area contributed by atoms with E-state index >= 15 is 0 Å². The summed E-state index contributed by atoms with van der Waals surface area (Å²) < 4.78 is 27.0. The first-order valence-corrected chi connectivity index (χ1v) is 21.8. The molecule has 0 aromatic rings. The second kappa shape index (κ2) is 24.8. The van der Waals surface area contributed by atoms with E-state index in [1.54, 1.807) is 27.7 Å². The van der Waals surface area contributed by atoms with Gasteiger partial charge >= 0.3 is 5.97 Å². The van der Waals surface area contributed by atoms with Crippen molar-refractivity contribution in [2.75, 3.05) is 33.0 Å². The summed E-state index contributed by atoms with van der Waals surface area (Å²) in [7, 11) is 6.56. The first-order valence-electron chi connectivity index (χ1n) is 11.3. The van der Waals surface area contributed by atoms with E-state index in [9.17, 15) is 25.2 Å². The van der Waals surface area contributed by atoms with Crippen molar-refractivity contribution in [3.63, 3.8) is 0 Å². The van der Waals surface area contributed by atoms with Crippen LogP contribution in [0.3, 0.4) is 0 Å². The summed E-state index contributed by atoms with van der Waals surface area (Å²) in [5.74, 6) is -1.09. The summed E-state index contributed by atoms with van der Waals surface area (Å²) in [5, 5.41) is 44.5. The number of hydrogen-bond donors (Lipinski definition) is 4. The predicted molar refractivity (Wildman–Crippen MR) is 195 cm³/mol. The molecule has 0 aromatic carbocycles. The Balaban J connectivity index is 6.84. The summed E-state index contributed by atoms with van der Waals surface area (Å²) in [6, 6.07) is 0. The van der Waals surface area contributed by atoms with Gasteiger partial charge in [0, 0.05) is 0 Å². The van der Waals surface area contributed by atoms with Crippen LogP contribution in [0.25, 0.3) is 0 Å². The van der Waals surface area contributed by atoms with Crippen LogP contribution >= 0.6 is 135 Å². The van der Waals surface area contributed by atoms with E-state index in [2.05, 4.69) is 0 Å². The highest BCUT2D eigenvalue weighted by Gasteiger charge is 2.60. The van der Waals surface area contributed by atoms with Crippen molar-refractivity contribution in [2.24, 2.45) is 5.41 Å². The first-order chi connectivity index (χ1) is 19.4. The molecule has 0 spiro atoms. The maximum atomic E-state index is 12.4. The third-order valence-corrected chi connectivity index (χ3v) is 15.7. The minimum atomic E-state index is -2.12. The highest BCUT2D eigenvalue weighted by molar-refractivity contribution is 8.85. The van der Waals surface area contributed by atoms with Crippen LogP contribution in [-0.2, 0) is 28.5 Å². The highest BCUT2D eigenvalue weighted by atomic mass is 33.1. The molecule has 41 heavy (non-hydrogen) atoms. The molecule has 4 N–H and O–H groups in total. The molecular weight excluding hydrogens is 773 g/mol. The molecule has 0 bridgehead atoms. The van der Waals surface area contributed by atoms with Crippen LogP contribution in [0.1, 0.15) is 27.7 Å². The lowest BCUT2D eigenvalue weighted by atomic mass is 9.90. The summed E-state index contributed by atoms with van der Waals surface area (Å²) in [6.45, 7) is 7.00. The Morgan fingerprint density at radius 3 is 1.20 bits per heavy atom. The maximum Gasteiger partial charge on any atom is 0.332 e. The van der Waals surface area contributed by atoms with Crippen molar-refractivity contribution in [1.29, 1.82) is 0 Å². The van der Waals surface area contributed by atoms with Crippen LogP contribution in [0.5, 0.6) is 0 Å². The van der Waals surface area contributed by atoms with Gasteiger partial charge in [-0.25, -0.2) is 4.79 Å². The fourth-order valence-electron chi connectivity index (χ4n) is 2.23. The fourth-order valence-corrected chi connectivity index (χ4v) is 13.0. The SMILES string of the molecule is CCOC(=S)SSC(O)C(C(O)SSC(=S)OCC)(C(O)SSC(=S)OCC)C(OC(=O)CO)SSC(=S)OCC. The number of aliphatic hydroxyl groups is 4. The van der Waals surface area contributed by atoms with Gasteiger partial charge in [0.15, 0.2) is 5.44 Å². The number of esters is 1. The standard InChI is InChI=1S/C19H30O10S12/c1-5-25-15(30)38-34-11(22)19(12(23)35-39-16(31)26-6-2,13(24)36-40-17(32)27-7-3)14(29-10(21)9-20)37-41-18(33)28-8-4/h11-14,20,22-24H,5-9H2,1-4H3. The Bertz CT molecular complexity index is 769. The van der Waals surface area contributed by atoms with Crippen molar-refractivity contribution in [2.45, 2.75) is 49.4 Å². The third-order valence-electron chi connectivity index (χ3n) is 3.93. The van der Waals surface area contributed by atoms with Crippen LogP contribution in [-0.4, -0.2) is 98.7 Å². The van der Waals surface area contributed by atoms with Gasteiger partial charge in [-0.1, -0.05) is 32.4 Å². The van der Waals surface area contributed by atoms with Crippen molar-refractivity contribution >= 4 is 159 Å². The van der Waals surface area contributed by atoms with Crippen LogP contribution in [0.4, 0.5) is 0 Å². The van der Waals surface area contributed by atoms with Gasteiger partial charge in [0.25, 0.3) is 0 Å². The summed E-state index contributed by atoms with van der Waals surface area (Å²) >= 11 is 20.7. The van der Waals surface area contributed by atoms with E-state index in [0.717, 1.165) is 86.4 Å². The van der Waals surface area contributed by atoms with Gasteiger partial charge in [0.2, 0.25) is 17.5 Å². The first kappa shape index (κ1) is 42.7. The third kappa shape index (κ3) is 16.2. The molecule has 10 nitrogen and oxygen atoms in total. The molecule has 0 aliphatic heterocycles. The Labute approximate surface area is 292 Å². The molecule has 22 heteroatoms. The summed E-state index contributed by atoms with van der Waals surface area (Å²) in [5.41, 5.74) is -8.74. The van der Waals surface area contributed by atoms with Gasteiger partial charge in [-0.3, -0.25) is 0 Å². The van der Waals surface area contributed by atoms with Gasteiger partial charge in [-0.15, -0.1) is 0 Å². The molecule has 0 aliphatic carbocycles. The Hall–Kier alpha value is 1.67. The largest absolute Gasteiger partial charge is 0.478 e. The summed E-state index contributed by atoms with van der Waals surface area (Å²) in [4.78, 5) is 12.4. The molecule has 0 rings (SSSR count). The highest BCUT2D eigenvalue weighted by Crippen LogP contribution is 2.58. The number of carbonyl (C=O) groups is 1. The smallest absolute Gasteiger partial charge is 0.332 e. The zero-order valence-corrected chi connectivity index (χ0v) is 31.8. The Morgan fingerprint density at radius 1 is 0.634 bits per heavy atom. The van der Waals surface area contributed by atoms with Crippen LogP contribution < -0.4 is 0 Å². The zero-order valence-electron chi connectivity index (χ0n) is 22.0. The zero-order chi connectivity index (χ0) is 31.4. The number of ether oxygens (including phenoxy) is 5. The van der Waals surface area contributed by atoms with Crippen LogP contribution in [0, 0.1) is 5.41 Å². The number of thiocarbonyl (C=S) groups is 4. The van der Waals surface area contributed by atoms with Gasteiger partial charge < -0.3 is 44.1 Å². The molecule has 0 heterocycles. The van der Waals surface area contributed by atoms with E-state index in [0.29, 0.717) is 0 Å². The van der Waals surface area contributed by atoms with Crippen LogP contribution in [0.2, 0.25) is 0 Å². The molecular formula is C19H30O10S12. The Morgan fingerprint density at radius 2 is 0.927 bits per heavy atom. The molecule has 0 saturated heterocycles. The minimum Gasteiger partial charge on any atom is -0.478 e. The van der Waals surface area contributed by atoms with Gasteiger partial charge in [-0.05, 0) is 131 Å². The molecule has 4 atom stereocenters. The lowest BCUT2D eigenvalue weighted by Gasteiger charge is -2.46. The molecule has 0 aliphatic rings. The monoisotopic (exact) mass is 802 g/mol. The molecule has 4 unspecified atom stereocenters. The van der Waals surface area contributed by atoms with Gasteiger partial charge in [-0.2, -0.15) is 0 Å². The van der Waals surface area contributed by atoms with E-state index in [1.165, 1.54) is 0 Å². The van der Waals surface area contributed by atoms with Crippen molar-refractivity contribution in [3.8, 4) is 0 Å². The van der Waals surface area contributed by atoms with E-state index in [4.69, 9.17) is 72.6 Å². The van der Waals surface area contributed by atoms with Crippen LogP contribution in [0.15, 0.2) is 0 Å². The predicted octanol–water partition coefficient (Wildman–Crippen LogP) is 5.60. The lowest BCUT2D eigenvalue weighted by Crippen LogP contribution is -2.57. The number of carbonyl (C=O) groups excluding carboxylic acids is 1. The lowest BCUT2D eigenvalue weighted by molar-refractivity contribution is -0.162. The molecule has 0 fully saturated rings. The average Bonchev–Trinajstić information content (AvgIpc) is 2.93. The number of aliphatic hydroxyl groups excluding tert-OH is 4. The second-order valence-electron chi connectivity index (χ2n) is 6.49. The van der Waals surface area contributed by atoms with E-state index < -0.39 is 39.7 Å². The number of hydrogen-bond acceptors (Lipinski definition) is 22. The van der Waals surface area contributed by atoms with E-state index in [-0.39, 0.29) is 44.0 Å². The van der Waals surface area contributed by atoms with Gasteiger partial charge in [0.1, 0.15) is 28.3 Å². The van der Waals surface area contributed by atoms with Crippen molar-refractivity contribution in [1.82, 2.24) is 0 Å². The molecule has 238 valence electrons. The van der Waals surface area contributed by atoms with Crippen molar-refractivity contribution < 1.29 is 48.9 Å².